The Morgan fingerprint density at radius 1 is 1.16 bits per heavy atom. The van der Waals surface area contributed by atoms with Gasteiger partial charge in [0.05, 0.1) is 10.4 Å². The molecule has 0 spiro atoms. The number of carbonyl (C=O) groups is 1. The first kappa shape index (κ1) is 14.7. The summed E-state index contributed by atoms with van der Waals surface area (Å²) in [6.07, 6.45) is 5.37. The lowest BCUT2D eigenvalue weighted by Gasteiger charge is -2.40. The van der Waals surface area contributed by atoms with E-state index in [1.165, 1.54) is 25.7 Å². The van der Waals surface area contributed by atoms with Crippen LogP contribution in [0.25, 0.3) is 0 Å². The summed E-state index contributed by atoms with van der Waals surface area (Å²) in [5.74, 6) is 0.0751. The number of nitrogens with two attached hydrogens (primary N) is 1. The van der Waals surface area contributed by atoms with E-state index >= 15 is 0 Å². The van der Waals surface area contributed by atoms with E-state index in [2.05, 4.69) is 4.90 Å². The van der Waals surface area contributed by atoms with E-state index in [-0.39, 0.29) is 10.9 Å². The Morgan fingerprint density at radius 3 is 2.16 bits per heavy atom. The predicted octanol–water partition coefficient (Wildman–Crippen LogP) is 1.39. The number of carbonyl (C=O) groups excluding carboxylic acids is 1. The lowest BCUT2D eigenvalue weighted by atomic mass is 9.91. The van der Waals surface area contributed by atoms with Crippen LogP contribution in [0, 0.1) is 5.41 Å². The van der Waals surface area contributed by atoms with Crippen LogP contribution in [0.1, 0.15) is 39.5 Å². The van der Waals surface area contributed by atoms with Gasteiger partial charge in [0.15, 0.2) is 0 Å². The molecule has 1 saturated carbocycles. The van der Waals surface area contributed by atoms with Crippen molar-refractivity contribution in [2.75, 3.05) is 26.2 Å². The zero-order valence-electron chi connectivity index (χ0n) is 12.0. The average Bonchev–Trinajstić information content (AvgIpc) is 2.91. The summed E-state index contributed by atoms with van der Waals surface area (Å²) < 4.78 is 0. The van der Waals surface area contributed by atoms with E-state index < -0.39 is 5.41 Å². The van der Waals surface area contributed by atoms with E-state index in [9.17, 15) is 4.79 Å². The Balaban J connectivity index is 1.89. The fraction of sp³-hybridized carbons (Fsp3) is 0.857. The standard InChI is InChI=1S/C14H25N3OS/c1-14(2,12(15)19)13(18)17-9-7-16(8-10-17)11-5-3-4-6-11/h11H,3-10H2,1-2H3,(H2,15,19). The zero-order chi connectivity index (χ0) is 14.0. The van der Waals surface area contributed by atoms with Gasteiger partial charge in [-0.3, -0.25) is 9.69 Å². The molecule has 1 heterocycles. The smallest absolute Gasteiger partial charge is 0.235 e. The van der Waals surface area contributed by atoms with Crippen LogP contribution in [0.5, 0.6) is 0 Å². The first-order valence-electron chi connectivity index (χ1n) is 7.26. The number of amides is 1. The molecule has 0 bridgehead atoms. The second kappa shape index (κ2) is 5.75. The molecule has 2 fully saturated rings. The Labute approximate surface area is 121 Å². The second-order valence-electron chi connectivity index (χ2n) is 6.26. The van der Waals surface area contributed by atoms with Crippen molar-refractivity contribution in [2.45, 2.75) is 45.6 Å². The van der Waals surface area contributed by atoms with Crippen LogP contribution in [0.3, 0.4) is 0 Å². The third-order valence-electron chi connectivity index (χ3n) is 4.59. The number of nitrogens with zero attached hydrogens (tertiary/aromatic N) is 2. The summed E-state index contributed by atoms with van der Waals surface area (Å²) in [7, 11) is 0. The zero-order valence-corrected chi connectivity index (χ0v) is 12.8. The fourth-order valence-electron chi connectivity index (χ4n) is 3.06. The Bertz CT molecular complexity index is 356. The van der Waals surface area contributed by atoms with Crippen LogP contribution < -0.4 is 5.73 Å². The number of piperazine rings is 1. The number of hydrogen-bond acceptors (Lipinski definition) is 3. The monoisotopic (exact) mass is 283 g/mol. The molecule has 0 radical (unpaired) electrons. The molecule has 5 heteroatoms. The van der Waals surface area contributed by atoms with Crippen molar-refractivity contribution in [2.24, 2.45) is 11.1 Å². The highest BCUT2D eigenvalue weighted by Crippen LogP contribution is 2.26. The van der Waals surface area contributed by atoms with Crippen molar-refractivity contribution in [3.05, 3.63) is 0 Å². The SMILES string of the molecule is CC(C)(C(=O)N1CCN(C2CCCC2)CC1)C(N)=S. The molecule has 0 aromatic rings. The van der Waals surface area contributed by atoms with E-state index in [1.54, 1.807) is 0 Å². The fourth-order valence-corrected chi connectivity index (χ4v) is 3.15. The van der Waals surface area contributed by atoms with Crippen LogP contribution in [-0.2, 0) is 4.79 Å². The van der Waals surface area contributed by atoms with Gasteiger partial charge < -0.3 is 10.6 Å². The third-order valence-corrected chi connectivity index (χ3v) is 5.10. The van der Waals surface area contributed by atoms with Gasteiger partial charge in [-0.25, -0.2) is 0 Å². The summed E-state index contributed by atoms with van der Waals surface area (Å²) in [5, 5.41) is 0. The summed E-state index contributed by atoms with van der Waals surface area (Å²) in [6.45, 7) is 7.23. The summed E-state index contributed by atoms with van der Waals surface area (Å²) in [5.41, 5.74) is 4.96. The van der Waals surface area contributed by atoms with Gasteiger partial charge >= 0.3 is 0 Å². The van der Waals surface area contributed by atoms with Crippen LogP contribution in [-0.4, -0.2) is 52.9 Å². The lowest BCUT2D eigenvalue weighted by Crippen LogP contribution is -2.55. The van der Waals surface area contributed by atoms with E-state index in [0.717, 1.165) is 32.2 Å². The molecule has 0 aromatic carbocycles. The minimum atomic E-state index is -0.717. The van der Waals surface area contributed by atoms with Gasteiger partial charge in [0.1, 0.15) is 0 Å². The average molecular weight is 283 g/mol. The van der Waals surface area contributed by atoms with E-state index in [4.69, 9.17) is 18.0 Å². The van der Waals surface area contributed by atoms with Crippen molar-refractivity contribution < 1.29 is 4.79 Å². The Kier molecular flexibility index (Phi) is 4.46. The Morgan fingerprint density at radius 2 is 1.68 bits per heavy atom. The maximum atomic E-state index is 12.4. The highest BCUT2D eigenvalue weighted by Gasteiger charge is 2.37. The highest BCUT2D eigenvalue weighted by atomic mass is 32.1. The maximum absolute atomic E-state index is 12.4. The normalized spacial score (nSPS) is 22.7. The molecule has 19 heavy (non-hydrogen) atoms. The first-order chi connectivity index (χ1) is 8.93. The van der Waals surface area contributed by atoms with Gasteiger partial charge in [-0.1, -0.05) is 25.1 Å². The molecule has 0 aromatic heterocycles. The summed E-state index contributed by atoms with van der Waals surface area (Å²) >= 11 is 5.01. The molecule has 4 nitrogen and oxygen atoms in total. The molecule has 2 rings (SSSR count). The largest absolute Gasteiger partial charge is 0.392 e. The van der Waals surface area contributed by atoms with Crippen LogP contribution in [0.4, 0.5) is 0 Å². The molecule has 1 aliphatic heterocycles. The van der Waals surface area contributed by atoms with Crippen molar-refractivity contribution in [1.29, 1.82) is 0 Å². The van der Waals surface area contributed by atoms with Gasteiger partial charge in [-0.15, -0.1) is 0 Å². The first-order valence-corrected chi connectivity index (χ1v) is 7.67. The molecular weight excluding hydrogens is 258 g/mol. The maximum Gasteiger partial charge on any atom is 0.235 e. The minimum absolute atomic E-state index is 0.0751. The van der Waals surface area contributed by atoms with Crippen molar-refractivity contribution in [1.82, 2.24) is 9.80 Å². The van der Waals surface area contributed by atoms with Gasteiger partial charge in [0.2, 0.25) is 5.91 Å². The minimum Gasteiger partial charge on any atom is -0.392 e. The van der Waals surface area contributed by atoms with Crippen molar-refractivity contribution in [3.8, 4) is 0 Å². The topological polar surface area (TPSA) is 49.6 Å². The predicted molar refractivity (Wildman–Crippen MR) is 81.0 cm³/mol. The van der Waals surface area contributed by atoms with E-state index in [0.29, 0.717) is 0 Å². The molecule has 2 aliphatic rings. The number of hydrogen-bond donors (Lipinski definition) is 1. The second-order valence-corrected chi connectivity index (χ2v) is 6.70. The molecule has 1 saturated heterocycles. The number of thiocarbonyl (C=S) groups is 1. The van der Waals surface area contributed by atoms with Crippen molar-refractivity contribution >= 4 is 23.1 Å². The lowest BCUT2D eigenvalue weighted by molar-refractivity contribution is -0.139. The van der Waals surface area contributed by atoms with Crippen LogP contribution in [0.2, 0.25) is 0 Å². The van der Waals surface area contributed by atoms with Gasteiger partial charge in [-0.2, -0.15) is 0 Å². The van der Waals surface area contributed by atoms with Gasteiger partial charge in [-0.05, 0) is 26.7 Å². The van der Waals surface area contributed by atoms with Gasteiger partial charge in [0, 0.05) is 32.2 Å². The van der Waals surface area contributed by atoms with Gasteiger partial charge in [0.25, 0.3) is 0 Å². The number of rotatable bonds is 3. The summed E-state index contributed by atoms with van der Waals surface area (Å²) in [4.78, 5) is 17.2. The quantitative estimate of drug-likeness (QED) is 0.795. The third kappa shape index (κ3) is 3.08. The molecule has 2 N–H and O–H groups in total. The highest BCUT2D eigenvalue weighted by molar-refractivity contribution is 7.80. The molecule has 1 aliphatic carbocycles. The van der Waals surface area contributed by atoms with Crippen LogP contribution in [0.15, 0.2) is 0 Å². The molecule has 108 valence electrons. The molecule has 1 amide bonds. The molecular formula is C14H25N3OS. The summed E-state index contributed by atoms with van der Waals surface area (Å²) in [6, 6.07) is 0.751. The molecule has 0 unspecified atom stereocenters. The van der Waals surface area contributed by atoms with Crippen LogP contribution >= 0.6 is 12.2 Å². The van der Waals surface area contributed by atoms with E-state index in [1.807, 2.05) is 18.7 Å². The Hall–Kier alpha value is -0.680. The van der Waals surface area contributed by atoms with Crippen molar-refractivity contribution in [3.63, 3.8) is 0 Å². The molecule has 0 atom stereocenters.